The minimum Gasteiger partial charge on any atom is -0.508 e. The monoisotopic (exact) mass is 564 g/mol. The molecule has 0 spiro atoms. The van der Waals surface area contributed by atoms with Crippen molar-refractivity contribution in [2.75, 3.05) is 19.6 Å². The van der Waals surface area contributed by atoms with Crippen molar-refractivity contribution in [2.24, 2.45) is 17.6 Å². The second-order valence-electron chi connectivity index (χ2n) is 10.0. The van der Waals surface area contributed by atoms with E-state index in [9.17, 15) is 33.9 Å². The summed E-state index contributed by atoms with van der Waals surface area (Å²) in [5.41, 5.74) is 5.82. The Balaban J connectivity index is 3.09. The SMILES string of the molecule is CC(C)C[C@H](NC(=O)[C@@H](NC(=O)[C@H](Cc1ccc(O)cc1)NC(=O)CNC(=O)CN)C(C)C)C(=O)NCC(=O)O. The number of hydrogen-bond acceptors (Lipinski definition) is 8. The van der Waals surface area contributed by atoms with Crippen LogP contribution in [-0.4, -0.2) is 83.5 Å². The number of carbonyl (C=O) groups excluding carboxylic acids is 5. The molecule has 1 rings (SSSR count). The molecule has 1 aromatic rings. The maximum atomic E-state index is 13.3. The van der Waals surface area contributed by atoms with Crippen LogP contribution in [0.1, 0.15) is 39.7 Å². The van der Waals surface area contributed by atoms with Crippen molar-refractivity contribution >= 4 is 35.5 Å². The van der Waals surface area contributed by atoms with Crippen LogP contribution in [0.4, 0.5) is 0 Å². The summed E-state index contributed by atoms with van der Waals surface area (Å²) in [5, 5.41) is 30.7. The molecule has 0 heterocycles. The van der Waals surface area contributed by atoms with Crippen LogP contribution in [0.5, 0.6) is 5.75 Å². The highest BCUT2D eigenvalue weighted by molar-refractivity contribution is 5.95. The number of aromatic hydroxyl groups is 1. The Morgan fingerprint density at radius 1 is 0.775 bits per heavy atom. The van der Waals surface area contributed by atoms with Crippen LogP contribution in [0, 0.1) is 11.8 Å². The Morgan fingerprint density at radius 3 is 1.93 bits per heavy atom. The molecule has 0 saturated heterocycles. The molecular weight excluding hydrogens is 524 g/mol. The second kappa shape index (κ2) is 16.7. The van der Waals surface area contributed by atoms with Gasteiger partial charge >= 0.3 is 5.97 Å². The van der Waals surface area contributed by atoms with Gasteiger partial charge in [-0.1, -0.05) is 39.8 Å². The molecule has 1 aromatic carbocycles. The molecule has 14 heteroatoms. The predicted molar refractivity (Wildman–Crippen MR) is 145 cm³/mol. The third-order valence-electron chi connectivity index (χ3n) is 5.66. The summed E-state index contributed by atoms with van der Waals surface area (Å²) in [5.74, 6) is -4.93. The van der Waals surface area contributed by atoms with E-state index in [1.54, 1.807) is 26.0 Å². The van der Waals surface area contributed by atoms with E-state index in [1.807, 2.05) is 13.8 Å². The number of nitrogens with one attached hydrogen (secondary N) is 5. The smallest absolute Gasteiger partial charge is 0.322 e. The van der Waals surface area contributed by atoms with E-state index in [1.165, 1.54) is 12.1 Å². The van der Waals surface area contributed by atoms with Crippen molar-refractivity contribution in [1.29, 1.82) is 0 Å². The first-order valence-corrected chi connectivity index (χ1v) is 12.9. The molecule has 0 aliphatic rings. The Kier molecular flexibility index (Phi) is 14.1. The van der Waals surface area contributed by atoms with E-state index in [-0.39, 0.29) is 31.1 Å². The van der Waals surface area contributed by atoms with Crippen LogP contribution in [0.3, 0.4) is 0 Å². The van der Waals surface area contributed by atoms with Crippen molar-refractivity contribution < 1.29 is 39.0 Å². The standard InChI is InChI=1S/C26H40N6O8/c1-14(2)9-18(24(38)29-13-22(36)37)31-26(40)23(15(3)4)32-25(39)19(10-16-5-7-17(33)8-6-16)30-21(35)12-28-20(34)11-27/h5-8,14-15,18-19,23,33H,9-13,27H2,1-4H3,(H,28,34)(H,29,38)(H,30,35)(H,31,40)(H,32,39)(H,36,37)/t18-,19-,23-/m0/s1. The predicted octanol–water partition coefficient (Wildman–Crippen LogP) is -1.63. The van der Waals surface area contributed by atoms with Crippen molar-refractivity contribution in [3.8, 4) is 5.75 Å². The van der Waals surface area contributed by atoms with Gasteiger partial charge in [-0.15, -0.1) is 0 Å². The molecular formula is C26H40N6O8. The van der Waals surface area contributed by atoms with Crippen LogP contribution in [0.15, 0.2) is 24.3 Å². The van der Waals surface area contributed by atoms with Gasteiger partial charge in [-0.25, -0.2) is 0 Å². The molecule has 40 heavy (non-hydrogen) atoms. The van der Waals surface area contributed by atoms with Crippen LogP contribution >= 0.6 is 0 Å². The number of nitrogens with two attached hydrogens (primary N) is 1. The zero-order valence-corrected chi connectivity index (χ0v) is 23.2. The average Bonchev–Trinajstić information content (AvgIpc) is 2.88. The highest BCUT2D eigenvalue weighted by Gasteiger charge is 2.32. The lowest BCUT2D eigenvalue weighted by molar-refractivity contribution is -0.138. The van der Waals surface area contributed by atoms with Crippen LogP contribution in [0.25, 0.3) is 0 Å². The van der Waals surface area contributed by atoms with Gasteiger partial charge in [0.05, 0.1) is 13.1 Å². The number of benzene rings is 1. The highest BCUT2D eigenvalue weighted by atomic mass is 16.4. The fourth-order valence-corrected chi connectivity index (χ4v) is 3.61. The number of rotatable bonds is 16. The van der Waals surface area contributed by atoms with Gasteiger partial charge in [-0.2, -0.15) is 0 Å². The van der Waals surface area contributed by atoms with Gasteiger partial charge < -0.3 is 42.5 Å². The lowest BCUT2D eigenvalue weighted by atomic mass is 9.99. The summed E-state index contributed by atoms with van der Waals surface area (Å²) < 4.78 is 0. The molecule has 9 N–H and O–H groups in total. The lowest BCUT2D eigenvalue weighted by Gasteiger charge is -2.28. The summed E-state index contributed by atoms with van der Waals surface area (Å²) in [6.45, 7) is 5.67. The number of phenols is 1. The fourth-order valence-electron chi connectivity index (χ4n) is 3.61. The first-order chi connectivity index (χ1) is 18.7. The number of hydrogen-bond donors (Lipinski definition) is 8. The van der Waals surface area contributed by atoms with Gasteiger partial charge in [0.1, 0.15) is 30.4 Å². The molecule has 0 fully saturated rings. The van der Waals surface area contributed by atoms with E-state index in [0.29, 0.717) is 5.56 Å². The van der Waals surface area contributed by atoms with E-state index in [2.05, 4.69) is 26.6 Å². The van der Waals surface area contributed by atoms with Gasteiger partial charge in [0.15, 0.2) is 0 Å². The fraction of sp³-hybridized carbons (Fsp3) is 0.538. The quantitative estimate of drug-likeness (QED) is 0.115. The van der Waals surface area contributed by atoms with Crippen molar-refractivity contribution in [1.82, 2.24) is 26.6 Å². The van der Waals surface area contributed by atoms with Gasteiger partial charge in [0.2, 0.25) is 29.5 Å². The Bertz CT molecular complexity index is 1040. The summed E-state index contributed by atoms with van der Waals surface area (Å²) in [6, 6.07) is 2.67. The lowest BCUT2D eigenvalue weighted by Crippen LogP contribution is -2.59. The highest BCUT2D eigenvalue weighted by Crippen LogP contribution is 2.13. The van der Waals surface area contributed by atoms with Gasteiger partial charge in [-0.3, -0.25) is 28.8 Å². The molecule has 0 aliphatic carbocycles. The molecule has 3 atom stereocenters. The van der Waals surface area contributed by atoms with Gasteiger partial charge in [-0.05, 0) is 36.0 Å². The summed E-state index contributed by atoms with van der Waals surface area (Å²) in [6.07, 6.45) is 0.229. The van der Waals surface area contributed by atoms with Crippen molar-refractivity contribution in [3.05, 3.63) is 29.8 Å². The molecule has 14 nitrogen and oxygen atoms in total. The maximum absolute atomic E-state index is 13.3. The molecule has 5 amide bonds. The molecule has 0 unspecified atom stereocenters. The third-order valence-corrected chi connectivity index (χ3v) is 5.66. The normalized spacial score (nSPS) is 13.1. The second-order valence-corrected chi connectivity index (χ2v) is 10.0. The number of aliphatic carboxylic acids is 1. The Labute approximate surface area is 232 Å². The van der Waals surface area contributed by atoms with Crippen LogP contribution in [-0.2, 0) is 35.2 Å². The van der Waals surface area contributed by atoms with E-state index < -0.39 is 72.6 Å². The third kappa shape index (κ3) is 12.6. The van der Waals surface area contributed by atoms with Crippen LogP contribution in [0.2, 0.25) is 0 Å². The number of carboxylic acids is 1. The first kappa shape index (κ1) is 33.8. The zero-order chi connectivity index (χ0) is 30.4. The molecule has 0 aliphatic heterocycles. The van der Waals surface area contributed by atoms with Gasteiger partial charge in [0, 0.05) is 6.42 Å². The Hall–Kier alpha value is -4.20. The van der Waals surface area contributed by atoms with Crippen LogP contribution < -0.4 is 32.3 Å². The summed E-state index contributed by atoms with van der Waals surface area (Å²) >= 11 is 0. The molecule has 0 saturated carbocycles. The first-order valence-electron chi connectivity index (χ1n) is 12.9. The summed E-state index contributed by atoms with van der Waals surface area (Å²) in [4.78, 5) is 73.8. The average molecular weight is 565 g/mol. The summed E-state index contributed by atoms with van der Waals surface area (Å²) in [7, 11) is 0. The topological polar surface area (TPSA) is 229 Å². The number of carbonyl (C=O) groups is 6. The number of phenolic OH excluding ortho intramolecular Hbond substituents is 1. The van der Waals surface area contributed by atoms with Crippen molar-refractivity contribution in [2.45, 2.75) is 58.7 Å². The molecule has 0 aromatic heterocycles. The number of amides is 5. The van der Waals surface area contributed by atoms with Gasteiger partial charge in [0.25, 0.3) is 0 Å². The molecule has 0 bridgehead atoms. The van der Waals surface area contributed by atoms with E-state index in [4.69, 9.17) is 10.8 Å². The largest absolute Gasteiger partial charge is 0.508 e. The number of carboxylic acid groups (broad SMARTS) is 1. The molecule has 0 radical (unpaired) electrons. The minimum atomic E-state index is -1.24. The van der Waals surface area contributed by atoms with E-state index >= 15 is 0 Å². The Morgan fingerprint density at radius 2 is 1.40 bits per heavy atom. The minimum absolute atomic E-state index is 0.00267. The van der Waals surface area contributed by atoms with E-state index in [0.717, 1.165) is 0 Å². The molecule has 222 valence electrons. The van der Waals surface area contributed by atoms with Crippen molar-refractivity contribution in [3.63, 3.8) is 0 Å². The maximum Gasteiger partial charge on any atom is 0.322 e. The zero-order valence-electron chi connectivity index (χ0n) is 23.2.